The Morgan fingerprint density at radius 3 is 2.28 bits per heavy atom. The van der Waals surface area contributed by atoms with Crippen molar-refractivity contribution in [3.05, 3.63) is 65.5 Å². The Bertz CT molecular complexity index is 421. The van der Waals surface area contributed by atoms with Crippen molar-refractivity contribution in [1.82, 2.24) is 10.3 Å². The minimum absolute atomic E-state index is 0.814. The highest BCUT2D eigenvalue weighted by molar-refractivity contribution is 5.21. The van der Waals surface area contributed by atoms with Gasteiger partial charge in [0.25, 0.3) is 0 Å². The molecular formula is C16H22N2. The lowest BCUT2D eigenvalue weighted by atomic mass is 10.1. The molecular weight excluding hydrogens is 220 g/mol. The van der Waals surface area contributed by atoms with Crippen LogP contribution in [0, 0.1) is 6.92 Å². The summed E-state index contributed by atoms with van der Waals surface area (Å²) in [6, 6.07) is 14.6. The van der Waals surface area contributed by atoms with E-state index < -0.39 is 0 Å². The predicted octanol–water partition coefficient (Wildman–Crippen LogP) is 3.71. The highest BCUT2D eigenvalue weighted by Crippen LogP contribution is 2.02. The van der Waals surface area contributed by atoms with E-state index in [-0.39, 0.29) is 0 Å². The zero-order valence-electron chi connectivity index (χ0n) is 11.5. The number of pyridine rings is 1. The molecule has 2 rings (SSSR count). The normalized spacial score (nSPS) is 9.50. The Labute approximate surface area is 110 Å². The molecule has 1 aromatic heterocycles. The summed E-state index contributed by atoms with van der Waals surface area (Å²) in [5, 5.41) is 3.37. The van der Waals surface area contributed by atoms with E-state index >= 15 is 0 Å². The molecule has 0 radical (unpaired) electrons. The maximum atomic E-state index is 4.26. The van der Waals surface area contributed by atoms with E-state index in [2.05, 4.69) is 41.5 Å². The Kier molecular flexibility index (Phi) is 6.74. The lowest BCUT2D eigenvalue weighted by Crippen LogP contribution is -2.13. The molecule has 2 aromatic rings. The van der Waals surface area contributed by atoms with Crippen LogP contribution in [0.25, 0.3) is 0 Å². The third-order valence-electron chi connectivity index (χ3n) is 2.48. The number of nitrogens with one attached hydrogen (secondary N) is 1. The summed E-state index contributed by atoms with van der Waals surface area (Å²) in [7, 11) is 0. The molecule has 0 saturated carbocycles. The van der Waals surface area contributed by atoms with Gasteiger partial charge < -0.3 is 5.32 Å². The molecule has 0 unspecified atom stereocenters. The van der Waals surface area contributed by atoms with Gasteiger partial charge in [-0.2, -0.15) is 0 Å². The summed E-state index contributed by atoms with van der Waals surface area (Å²) in [6.07, 6.45) is 1.82. The average Bonchev–Trinajstić information content (AvgIpc) is 2.44. The van der Waals surface area contributed by atoms with Crippen LogP contribution in [0.2, 0.25) is 0 Å². The van der Waals surface area contributed by atoms with E-state index in [1.807, 2.05) is 38.2 Å². The van der Waals surface area contributed by atoms with E-state index in [1.165, 1.54) is 11.1 Å². The topological polar surface area (TPSA) is 24.9 Å². The third kappa shape index (κ3) is 5.11. The zero-order valence-corrected chi connectivity index (χ0v) is 11.5. The summed E-state index contributed by atoms with van der Waals surface area (Å²) in [5.41, 5.74) is 3.68. The monoisotopic (exact) mass is 242 g/mol. The maximum absolute atomic E-state index is 4.26. The molecule has 18 heavy (non-hydrogen) atoms. The first-order valence-electron chi connectivity index (χ1n) is 6.51. The van der Waals surface area contributed by atoms with Gasteiger partial charge >= 0.3 is 0 Å². The van der Waals surface area contributed by atoms with Crippen LogP contribution < -0.4 is 5.32 Å². The van der Waals surface area contributed by atoms with Gasteiger partial charge in [0.05, 0.1) is 5.69 Å². The van der Waals surface area contributed by atoms with Gasteiger partial charge in [-0.05, 0) is 24.6 Å². The lowest BCUT2D eigenvalue weighted by molar-refractivity contribution is 0.679. The molecule has 0 saturated heterocycles. The van der Waals surface area contributed by atoms with Crippen LogP contribution in [0.15, 0.2) is 48.7 Å². The van der Waals surface area contributed by atoms with Crippen LogP contribution in [0.4, 0.5) is 0 Å². The second-order valence-corrected chi connectivity index (χ2v) is 3.91. The van der Waals surface area contributed by atoms with Gasteiger partial charge in [-0.3, -0.25) is 4.98 Å². The molecule has 1 N–H and O–H groups in total. The molecule has 0 bridgehead atoms. The number of hydrogen-bond donors (Lipinski definition) is 1. The van der Waals surface area contributed by atoms with Gasteiger partial charge in [-0.1, -0.05) is 49.7 Å². The first-order valence-corrected chi connectivity index (χ1v) is 6.51. The van der Waals surface area contributed by atoms with Crippen molar-refractivity contribution < 1.29 is 0 Å². The quantitative estimate of drug-likeness (QED) is 0.884. The summed E-state index contributed by atoms with van der Waals surface area (Å²) < 4.78 is 0. The molecule has 1 heterocycles. The minimum Gasteiger partial charge on any atom is -0.307 e. The fraction of sp³-hybridized carbons (Fsp3) is 0.312. The summed E-state index contributed by atoms with van der Waals surface area (Å²) in [5.74, 6) is 0. The number of aromatic nitrogens is 1. The maximum Gasteiger partial charge on any atom is 0.0541 e. The van der Waals surface area contributed by atoms with Crippen molar-refractivity contribution in [2.24, 2.45) is 0 Å². The Hall–Kier alpha value is -1.67. The number of rotatable bonds is 4. The van der Waals surface area contributed by atoms with E-state index in [0.717, 1.165) is 18.8 Å². The summed E-state index contributed by atoms with van der Waals surface area (Å²) >= 11 is 0. The predicted molar refractivity (Wildman–Crippen MR) is 77.3 cm³/mol. The molecule has 2 heteroatoms. The molecule has 0 atom stereocenters. The van der Waals surface area contributed by atoms with Gasteiger partial charge in [-0.15, -0.1) is 0 Å². The first kappa shape index (κ1) is 14.4. The molecule has 0 amide bonds. The first-order chi connectivity index (χ1) is 8.84. The number of benzene rings is 1. The van der Waals surface area contributed by atoms with E-state index in [9.17, 15) is 0 Å². The van der Waals surface area contributed by atoms with Crippen LogP contribution in [-0.4, -0.2) is 4.98 Å². The molecule has 0 spiro atoms. The largest absolute Gasteiger partial charge is 0.307 e. The SMILES string of the molecule is CC.Cc1ccc(CNCc2ccccn2)cc1. The van der Waals surface area contributed by atoms with Crippen molar-refractivity contribution in [3.8, 4) is 0 Å². The summed E-state index contributed by atoms with van der Waals surface area (Å²) in [6.45, 7) is 7.80. The van der Waals surface area contributed by atoms with Crippen LogP contribution in [0.3, 0.4) is 0 Å². The van der Waals surface area contributed by atoms with Crippen LogP contribution in [0.5, 0.6) is 0 Å². The molecule has 0 aliphatic rings. The number of hydrogen-bond acceptors (Lipinski definition) is 2. The molecule has 1 aromatic carbocycles. The van der Waals surface area contributed by atoms with Gasteiger partial charge in [0.1, 0.15) is 0 Å². The van der Waals surface area contributed by atoms with Gasteiger partial charge in [0.15, 0.2) is 0 Å². The highest BCUT2D eigenvalue weighted by atomic mass is 14.9. The fourth-order valence-electron chi connectivity index (χ4n) is 1.54. The van der Waals surface area contributed by atoms with Crippen LogP contribution in [0.1, 0.15) is 30.7 Å². The van der Waals surface area contributed by atoms with Gasteiger partial charge in [-0.25, -0.2) is 0 Å². The van der Waals surface area contributed by atoms with Crippen LogP contribution >= 0.6 is 0 Å². The van der Waals surface area contributed by atoms with Gasteiger partial charge in [0, 0.05) is 19.3 Å². The Morgan fingerprint density at radius 1 is 0.944 bits per heavy atom. The third-order valence-corrected chi connectivity index (χ3v) is 2.48. The van der Waals surface area contributed by atoms with Crippen molar-refractivity contribution in [2.45, 2.75) is 33.9 Å². The van der Waals surface area contributed by atoms with Crippen molar-refractivity contribution in [3.63, 3.8) is 0 Å². The molecule has 0 aliphatic carbocycles. The lowest BCUT2D eigenvalue weighted by Gasteiger charge is -2.04. The smallest absolute Gasteiger partial charge is 0.0541 e. The standard InChI is InChI=1S/C14H16N2.C2H6/c1-12-5-7-13(8-6-12)10-15-11-14-4-2-3-9-16-14;1-2/h2-9,15H,10-11H2,1H3;1-2H3. The molecule has 0 fully saturated rings. The fourth-order valence-corrected chi connectivity index (χ4v) is 1.54. The summed E-state index contributed by atoms with van der Waals surface area (Å²) in [4.78, 5) is 4.26. The zero-order chi connectivity index (χ0) is 13.2. The van der Waals surface area contributed by atoms with Crippen LogP contribution in [-0.2, 0) is 13.1 Å². The number of aryl methyl sites for hydroxylation is 1. The van der Waals surface area contributed by atoms with Crippen molar-refractivity contribution in [2.75, 3.05) is 0 Å². The van der Waals surface area contributed by atoms with E-state index in [4.69, 9.17) is 0 Å². The second-order valence-electron chi connectivity index (χ2n) is 3.91. The second kappa shape index (κ2) is 8.43. The van der Waals surface area contributed by atoms with E-state index in [1.54, 1.807) is 0 Å². The average molecular weight is 242 g/mol. The van der Waals surface area contributed by atoms with E-state index in [0.29, 0.717) is 0 Å². The number of nitrogens with zero attached hydrogens (tertiary/aromatic N) is 1. The van der Waals surface area contributed by atoms with Gasteiger partial charge in [0.2, 0.25) is 0 Å². The minimum atomic E-state index is 0.814. The van der Waals surface area contributed by atoms with Crippen molar-refractivity contribution >= 4 is 0 Å². The highest BCUT2D eigenvalue weighted by Gasteiger charge is 1.94. The molecule has 96 valence electrons. The molecule has 0 aliphatic heterocycles. The Morgan fingerprint density at radius 2 is 1.67 bits per heavy atom. The van der Waals surface area contributed by atoms with Crippen molar-refractivity contribution in [1.29, 1.82) is 0 Å². The Balaban J connectivity index is 0.000000771. The molecule has 2 nitrogen and oxygen atoms in total.